The summed E-state index contributed by atoms with van der Waals surface area (Å²) in [5.74, 6) is 0.319. The van der Waals surface area contributed by atoms with E-state index in [9.17, 15) is 8.42 Å². The molecule has 2 unspecified atom stereocenters. The molecule has 0 radical (unpaired) electrons. The lowest BCUT2D eigenvalue weighted by Crippen LogP contribution is -2.56. The van der Waals surface area contributed by atoms with Gasteiger partial charge in [0.1, 0.15) is 10.7 Å². The van der Waals surface area contributed by atoms with Gasteiger partial charge >= 0.3 is 0 Å². The number of pyridine rings is 1. The summed E-state index contributed by atoms with van der Waals surface area (Å²) in [6, 6.07) is 3.40. The zero-order valence-corrected chi connectivity index (χ0v) is 12.3. The Morgan fingerprint density at radius 2 is 1.84 bits per heavy atom. The fourth-order valence-electron chi connectivity index (χ4n) is 2.25. The minimum absolute atomic E-state index is 0.195. The van der Waals surface area contributed by atoms with Crippen LogP contribution >= 0.6 is 0 Å². The first-order valence-electron chi connectivity index (χ1n) is 6.26. The number of anilines is 1. The van der Waals surface area contributed by atoms with Crippen LogP contribution in [0.25, 0.3) is 0 Å². The molecule has 0 saturated carbocycles. The average molecular weight is 284 g/mol. The average Bonchev–Trinajstić information content (AvgIpc) is 2.35. The Bertz CT molecular complexity index is 531. The first kappa shape index (κ1) is 14.2. The van der Waals surface area contributed by atoms with Gasteiger partial charge in [-0.2, -0.15) is 4.31 Å². The molecule has 0 aromatic carbocycles. The van der Waals surface area contributed by atoms with Crippen LogP contribution in [0.4, 0.5) is 5.82 Å². The van der Waals surface area contributed by atoms with Gasteiger partial charge < -0.3 is 5.73 Å². The number of nitrogens with zero attached hydrogens (tertiary/aromatic N) is 3. The molecule has 1 fully saturated rings. The van der Waals surface area contributed by atoms with Crippen molar-refractivity contribution in [2.24, 2.45) is 0 Å². The molecule has 7 heteroatoms. The highest BCUT2D eigenvalue weighted by Crippen LogP contribution is 2.21. The van der Waals surface area contributed by atoms with Crippen LogP contribution in [0, 0.1) is 0 Å². The highest BCUT2D eigenvalue weighted by atomic mass is 32.2. The van der Waals surface area contributed by atoms with Gasteiger partial charge in [0.2, 0.25) is 10.0 Å². The van der Waals surface area contributed by atoms with Crippen molar-refractivity contribution in [3.8, 4) is 0 Å². The molecule has 0 amide bonds. The molecule has 1 aromatic rings. The molecule has 1 aliphatic heterocycles. The zero-order valence-electron chi connectivity index (χ0n) is 11.4. The van der Waals surface area contributed by atoms with E-state index in [1.165, 1.54) is 22.6 Å². The van der Waals surface area contributed by atoms with Crippen LogP contribution in [0.1, 0.15) is 13.8 Å². The van der Waals surface area contributed by atoms with Gasteiger partial charge in [-0.1, -0.05) is 0 Å². The monoisotopic (exact) mass is 284 g/mol. The van der Waals surface area contributed by atoms with Crippen molar-refractivity contribution in [1.82, 2.24) is 14.2 Å². The van der Waals surface area contributed by atoms with Crippen LogP contribution < -0.4 is 5.73 Å². The molecule has 1 saturated heterocycles. The van der Waals surface area contributed by atoms with Gasteiger partial charge in [-0.3, -0.25) is 4.90 Å². The van der Waals surface area contributed by atoms with E-state index in [1.807, 2.05) is 20.9 Å². The highest BCUT2D eigenvalue weighted by molar-refractivity contribution is 7.89. The number of likely N-dealkylation sites (N-methyl/N-ethyl adjacent to an activating group) is 1. The maximum absolute atomic E-state index is 12.5. The molecule has 1 aromatic heterocycles. The van der Waals surface area contributed by atoms with Gasteiger partial charge in [-0.05, 0) is 33.0 Å². The summed E-state index contributed by atoms with van der Waals surface area (Å²) in [6.07, 6.45) is 1.32. The van der Waals surface area contributed by atoms with Crippen molar-refractivity contribution in [3.63, 3.8) is 0 Å². The zero-order chi connectivity index (χ0) is 14.2. The first-order valence-corrected chi connectivity index (χ1v) is 7.70. The van der Waals surface area contributed by atoms with Crippen molar-refractivity contribution in [1.29, 1.82) is 0 Å². The predicted molar refractivity (Wildman–Crippen MR) is 74.1 cm³/mol. The van der Waals surface area contributed by atoms with Crippen LogP contribution in [0.5, 0.6) is 0 Å². The second-order valence-corrected chi connectivity index (χ2v) is 7.04. The Morgan fingerprint density at radius 3 is 2.32 bits per heavy atom. The third kappa shape index (κ3) is 2.72. The minimum Gasteiger partial charge on any atom is -0.384 e. The molecular formula is C12H20N4O2S. The number of aromatic nitrogens is 1. The summed E-state index contributed by atoms with van der Waals surface area (Å²) in [4.78, 5) is 6.24. The largest absolute Gasteiger partial charge is 0.384 e. The van der Waals surface area contributed by atoms with Gasteiger partial charge in [-0.15, -0.1) is 0 Å². The van der Waals surface area contributed by atoms with E-state index in [4.69, 9.17) is 5.73 Å². The lowest BCUT2D eigenvalue weighted by atomic mass is 10.1. The summed E-state index contributed by atoms with van der Waals surface area (Å²) in [7, 11) is -1.46. The molecule has 0 spiro atoms. The number of piperazine rings is 1. The van der Waals surface area contributed by atoms with Crippen molar-refractivity contribution in [3.05, 3.63) is 18.3 Å². The lowest BCUT2D eigenvalue weighted by molar-refractivity contribution is 0.105. The number of nitrogens with two attached hydrogens (primary N) is 1. The highest BCUT2D eigenvalue weighted by Gasteiger charge is 2.34. The van der Waals surface area contributed by atoms with Gasteiger partial charge in [0.15, 0.2) is 0 Å². The maximum atomic E-state index is 12.5. The number of nitrogen functional groups attached to an aromatic ring is 1. The van der Waals surface area contributed by atoms with E-state index in [2.05, 4.69) is 9.88 Å². The van der Waals surface area contributed by atoms with Crippen molar-refractivity contribution in [2.45, 2.75) is 30.8 Å². The minimum atomic E-state index is -3.48. The molecule has 106 valence electrons. The van der Waals surface area contributed by atoms with Crippen LogP contribution in [0.3, 0.4) is 0 Å². The van der Waals surface area contributed by atoms with Crippen molar-refractivity contribution < 1.29 is 8.42 Å². The summed E-state index contributed by atoms with van der Waals surface area (Å²) in [5, 5.41) is 0. The van der Waals surface area contributed by atoms with Crippen LogP contribution in [-0.4, -0.2) is 54.8 Å². The maximum Gasteiger partial charge on any atom is 0.244 e. The molecule has 2 atom stereocenters. The molecule has 0 bridgehead atoms. The lowest BCUT2D eigenvalue weighted by Gasteiger charge is -2.41. The number of hydrogen-bond acceptors (Lipinski definition) is 5. The quantitative estimate of drug-likeness (QED) is 0.849. The smallest absolute Gasteiger partial charge is 0.244 e. The fourth-order valence-corrected chi connectivity index (χ4v) is 3.79. The topological polar surface area (TPSA) is 79.5 Å². The normalized spacial score (nSPS) is 26.5. The Hall–Kier alpha value is -1.18. The summed E-state index contributed by atoms with van der Waals surface area (Å²) in [5.41, 5.74) is 5.48. The SMILES string of the molecule is CC1CN(S(=O)(=O)c2ccc(N)nc2)CC(C)N1C. The van der Waals surface area contributed by atoms with Crippen LogP contribution in [0.2, 0.25) is 0 Å². The predicted octanol–water partition coefficient (Wildman–Crippen LogP) is 0.377. The number of sulfonamides is 1. The first-order chi connectivity index (χ1) is 8.82. The van der Waals surface area contributed by atoms with Gasteiger partial charge in [0.05, 0.1) is 0 Å². The molecule has 19 heavy (non-hydrogen) atoms. The fraction of sp³-hybridized carbons (Fsp3) is 0.583. The standard InChI is InChI=1S/C12H20N4O2S/c1-9-7-16(8-10(2)15(9)3)19(17,18)11-4-5-12(13)14-6-11/h4-6,9-10H,7-8H2,1-3H3,(H2,13,14). The van der Waals surface area contributed by atoms with Gasteiger partial charge in [-0.25, -0.2) is 13.4 Å². The summed E-state index contributed by atoms with van der Waals surface area (Å²) >= 11 is 0. The molecular weight excluding hydrogens is 264 g/mol. The number of hydrogen-bond donors (Lipinski definition) is 1. The second kappa shape index (κ2) is 5.07. The third-order valence-corrected chi connectivity index (χ3v) is 5.54. The van der Waals surface area contributed by atoms with E-state index in [-0.39, 0.29) is 17.0 Å². The van der Waals surface area contributed by atoms with E-state index in [0.717, 1.165) is 0 Å². The van der Waals surface area contributed by atoms with Crippen molar-refractivity contribution >= 4 is 15.8 Å². The molecule has 2 rings (SSSR count). The van der Waals surface area contributed by atoms with Crippen molar-refractivity contribution in [2.75, 3.05) is 25.9 Å². The Kier molecular flexibility index (Phi) is 3.80. The van der Waals surface area contributed by atoms with E-state index >= 15 is 0 Å². The molecule has 0 aliphatic carbocycles. The molecule has 2 heterocycles. The van der Waals surface area contributed by atoms with E-state index in [1.54, 1.807) is 0 Å². The van der Waals surface area contributed by atoms with Crippen LogP contribution in [0.15, 0.2) is 23.2 Å². The van der Waals surface area contributed by atoms with E-state index in [0.29, 0.717) is 18.9 Å². The van der Waals surface area contributed by atoms with Crippen LogP contribution in [-0.2, 0) is 10.0 Å². The Balaban J connectivity index is 2.27. The number of rotatable bonds is 2. The molecule has 2 N–H and O–H groups in total. The second-order valence-electron chi connectivity index (χ2n) is 5.10. The molecule has 6 nitrogen and oxygen atoms in total. The summed E-state index contributed by atoms with van der Waals surface area (Å²) < 4.78 is 26.6. The van der Waals surface area contributed by atoms with Gasteiger partial charge in [0.25, 0.3) is 0 Å². The van der Waals surface area contributed by atoms with E-state index < -0.39 is 10.0 Å². The Morgan fingerprint density at radius 1 is 1.26 bits per heavy atom. The van der Waals surface area contributed by atoms with Gasteiger partial charge in [0, 0.05) is 31.4 Å². The Labute approximate surface area is 114 Å². The third-order valence-electron chi connectivity index (χ3n) is 3.72. The summed E-state index contributed by atoms with van der Waals surface area (Å²) in [6.45, 7) is 5.04. The molecule has 1 aliphatic rings.